The number of hydrogen-bond donors (Lipinski definition) is 1. The van der Waals surface area contributed by atoms with Crippen LogP contribution in [0.25, 0.3) is 10.9 Å². The second kappa shape index (κ2) is 8.94. The summed E-state index contributed by atoms with van der Waals surface area (Å²) < 4.78 is 0. The van der Waals surface area contributed by atoms with Crippen LogP contribution in [-0.4, -0.2) is 28.5 Å². The molecule has 0 amide bonds. The van der Waals surface area contributed by atoms with Crippen molar-refractivity contribution in [2.45, 2.75) is 22.6 Å². The number of benzene rings is 2. The minimum atomic E-state index is 0.931. The molecule has 0 saturated heterocycles. The van der Waals surface area contributed by atoms with Gasteiger partial charge in [-0.25, -0.2) is 9.97 Å². The quantitative estimate of drug-likeness (QED) is 0.436. The van der Waals surface area contributed by atoms with Crippen LogP contribution in [0.3, 0.4) is 0 Å². The lowest BCUT2D eigenvalue weighted by Gasteiger charge is -2.08. The van der Waals surface area contributed by atoms with E-state index in [0.29, 0.717) is 0 Å². The zero-order valence-corrected chi connectivity index (χ0v) is 15.4. The second-order valence-corrected chi connectivity index (χ2v) is 7.45. The van der Waals surface area contributed by atoms with Crippen LogP contribution >= 0.6 is 23.5 Å². The summed E-state index contributed by atoms with van der Waals surface area (Å²) in [5, 5.41) is 4.52. The van der Waals surface area contributed by atoms with Crippen LogP contribution in [0.2, 0.25) is 0 Å². The maximum Gasteiger partial charge on any atom is 0.137 e. The SMILES string of the molecule is CSc1ccc(SCCCCNc2ncnc3ccccc23)cc1. The van der Waals surface area contributed by atoms with Gasteiger partial charge in [0.2, 0.25) is 0 Å². The van der Waals surface area contributed by atoms with E-state index < -0.39 is 0 Å². The summed E-state index contributed by atoms with van der Waals surface area (Å²) in [7, 11) is 0. The topological polar surface area (TPSA) is 37.8 Å². The molecule has 1 heterocycles. The van der Waals surface area contributed by atoms with E-state index in [9.17, 15) is 0 Å². The van der Waals surface area contributed by atoms with Crippen molar-refractivity contribution in [3.63, 3.8) is 0 Å². The number of fused-ring (bicyclic) bond motifs is 1. The first-order valence-electron chi connectivity index (χ1n) is 8.07. The predicted octanol–water partition coefficient (Wildman–Crippen LogP) is 5.34. The van der Waals surface area contributed by atoms with Crippen molar-refractivity contribution in [1.29, 1.82) is 0 Å². The van der Waals surface area contributed by atoms with E-state index in [0.717, 1.165) is 35.4 Å². The van der Waals surface area contributed by atoms with Crippen LogP contribution < -0.4 is 5.32 Å². The van der Waals surface area contributed by atoms with Crippen molar-refractivity contribution in [3.8, 4) is 0 Å². The molecule has 1 N–H and O–H groups in total. The molecule has 3 aromatic rings. The Kier molecular flexibility index (Phi) is 6.38. The highest BCUT2D eigenvalue weighted by molar-refractivity contribution is 7.99. The van der Waals surface area contributed by atoms with Crippen molar-refractivity contribution < 1.29 is 0 Å². The molecule has 0 aliphatic rings. The fourth-order valence-electron chi connectivity index (χ4n) is 2.44. The first kappa shape index (κ1) is 17.1. The number of para-hydroxylation sites is 1. The molecule has 2 aromatic carbocycles. The number of hydrogen-bond acceptors (Lipinski definition) is 5. The zero-order valence-electron chi connectivity index (χ0n) is 13.7. The zero-order chi connectivity index (χ0) is 16.6. The van der Waals surface area contributed by atoms with E-state index in [-0.39, 0.29) is 0 Å². The van der Waals surface area contributed by atoms with Crippen molar-refractivity contribution in [1.82, 2.24) is 9.97 Å². The molecule has 0 aliphatic carbocycles. The molecule has 0 spiro atoms. The lowest BCUT2D eigenvalue weighted by atomic mass is 10.2. The second-order valence-electron chi connectivity index (χ2n) is 5.40. The number of rotatable bonds is 8. The maximum absolute atomic E-state index is 4.36. The Labute approximate surface area is 151 Å². The first-order valence-corrected chi connectivity index (χ1v) is 10.3. The molecule has 124 valence electrons. The lowest BCUT2D eigenvalue weighted by Crippen LogP contribution is -2.04. The number of nitrogens with one attached hydrogen (secondary N) is 1. The molecular formula is C19H21N3S2. The Morgan fingerprint density at radius 1 is 0.917 bits per heavy atom. The molecule has 24 heavy (non-hydrogen) atoms. The predicted molar refractivity (Wildman–Crippen MR) is 106 cm³/mol. The van der Waals surface area contributed by atoms with Crippen molar-refractivity contribution in [2.24, 2.45) is 0 Å². The third kappa shape index (κ3) is 4.65. The van der Waals surface area contributed by atoms with Gasteiger partial charge >= 0.3 is 0 Å². The molecule has 0 saturated carbocycles. The van der Waals surface area contributed by atoms with E-state index in [2.05, 4.69) is 51.9 Å². The average molecular weight is 356 g/mol. The van der Waals surface area contributed by atoms with Gasteiger partial charge < -0.3 is 5.32 Å². The minimum absolute atomic E-state index is 0.931. The van der Waals surface area contributed by atoms with Gasteiger partial charge in [0.15, 0.2) is 0 Å². The summed E-state index contributed by atoms with van der Waals surface area (Å²) in [5.41, 5.74) is 0.985. The molecular weight excluding hydrogens is 334 g/mol. The molecule has 1 aromatic heterocycles. The number of nitrogens with zero attached hydrogens (tertiary/aromatic N) is 2. The van der Waals surface area contributed by atoms with Crippen LogP contribution in [0.1, 0.15) is 12.8 Å². The van der Waals surface area contributed by atoms with Gasteiger partial charge in [0.05, 0.1) is 5.52 Å². The molecule has 3 nitrogen and oxygen atoms in total. The van der Waals surface area contributed by atoms with Gasteiger partial charge in [-0.15, -0.1) is 23.5 Å². The Morgan fingerprint density at radius 3 is 2.54 bits per heavy atom. The van der Waals surface area contributed by atoms with Crippen LogP contribution in [0.5, 0.6) is 0 Å². The lowest BCUT2D eigenvalue weighted by molar-refractivity contribution is 0.839. The third-order valence-electron chi connectivity index (χ3n) is 3.73. The van der Waals surface area contributed by atoms with Gasteiger partial charge in [0.1, 0.15) is 12.1 Å². The highest BCUT2D eigenvalue weighted by Crippen LogP contribution is 2.23. The summed E-state index contributed by atoms with van der Waals surface area (Å²) in [5.74, 6) is 2.08. The third-order valence-corrected chi connectivity index (χ3v) is 5.58. The van der Waals surface area contributed by atoms with Gasteiger partial charge in [0.25, 0.3) is 0 Å². The standard InChI is InChI=1S/C19H21N3S2/c1-23-15-8-10-16(11-9-15)24-13-5-4-12-20-19-17-6-2-3-7-18(17)21-14-22-19/h2-3,6-11,14H,4-5,12-13H2,1H3,(H,20,21,22). The van der Waals surface area contributed by atoms with Crippen LogP contribution in [0.15, 0.2) is 64.6 Å². The van der Waals surface area contributed by atoms with Gasteiger partial charge in [0, 0.05) is 21.7 Å². The Bertz CT molecular complexity index is 770. The number of unbranched alkanes of at least 4 members (excludes halogenated alkanes) is 1. The molecule has 0 radical (unpaired) electrons. The van der Waals surface area contributed by atoms with Crippen molar-refractivity contribution >= 4 is 40.2 Å². The summed E-state index contributed by atoms with van der Waals surface area (Å²) in [6.45, 7) is 0.937. The molecule has 5 heteroatoms. The average Bonchev–Trinajstić information content (AvgIpc) is 2.65. The summed E-state index contributed by atoms with van der Waals surface area (Å²) in [4.78, 5) is 11.3. The van der Waals surface area contributed by atoms with E-state index in [4.69, 9.17) is 0 Å². The largest absolute Gasteiger partial charge is 0.369 e. The summed E-state index contributed by atoms with van der Waals surface area (Å²) in [6.07, 6.45) is 6.05. The normalized spacial score (nSPS) is 10.9. The highest BCUT2D eigenvalue weighted by atomic mass is 32.2. The highest BCUT2D eigenvalue weighted by Gasteiger charge is 2.01. The summed E-state index contributed by atoms with van der Waals surface area (Å²) >= 11 is 3.71. The monoisotopic (exact) mass is 355 g/mol. The molecule has 0 atom stereocenters. The van der Waals surface area contributed by atoms with Crippen LogP contribution in [0, 0.1) is 0 Å². The van der Waals surface area contributed by atoms with Gasteiger partial charge in [-0.1, -0.05) is 12.1 Å². The van der Waals surface area contributed by atoms with Gasteiger partial charge in [-0.05, 0) is 61.2 Å². The molecule has 0 aliphatic heterocycles. The fraction of sp³-hybridized carbons (Fsp3) is 0.263. The minimum Gasteiger partial charge on any atom is -0.369 e. The fourth-order valence-corrected chi connectivity index (χ4v) is 3.76. The Morgan fingerprint density at radius 2 is 1.71 bits per heavy atom. The van der Waals surface area contributed by atoms with Crippen LogP contribution in [0.4, 0.5) is 5.82 Å². The summed E-state index contributed by atoms with van der Waals surface area (Å²) in [6, 6.07) is 16.9. The van der Waals surface area contributed by atoms with Crippen molar-refractivity contribution in [3.05, 3.63) is 54.9 Å². The number of thioether (sulfide) groups is 2. The van der Waals surface area contributed by atoms with Gasteiger partial charge in [-0.3, -0.25) is 0 Å². The van der Waals surface area contributed by atoms with Crippen molar-refractivity contribution in [2.75, 3.05) is 23.9 Å². The molecule has 0 fully saturated rings. The van der Waals surface area contributed by atoms with Gasteiger partial charge in [-0.2, -0.15) is 0 Å². The Balaban J connectivity index is 1.40. The van der Waals surface area contributed by atoms with E-state index in [1.807, 2.05) is 30.0 Å². The Hall–Kier alpha value is -1.72. The molecule has 3 rings (SSSR count). The van der Waals surface area contributed by atoms with E-state index >= 15 is 0 Å². The number of anilines is 1. The molecule has 0 unspecified atom stereocenters. The van der Waals surface area contributed by atoms with Crippen LogP contribution in [-0.2, 0) is 0 Å². The first-order chi connectivity index (χ1) is 11.9. The van der Waals surface area contributed by atoms with E-state index in [1.54, 1.807) is 18.1 Å². The maximum atomic E-state index is 4.36. The molecule has 0 bridgehead atoms. The van der Waals surface area contributed by atoms with E-state index in [1.165, 1.54) is 16.2 Å². The smallest absolute Gasteiger partial charge is 0.137 e. The number of aromatic nitrogens is 2.